The Balaban J connectivity index is 1.82. The largest absolute Gasteiger partial charge is 0.494 e. The molecule has 9 nitrogen and oxygen atoms in total. The van der Waals surface area contributed by atoms with Gasteiger partial charge in [-0.25, -0.2) is 9.59 Å². The lowest BCUT2D eigenvalue weighted by atomic mass is 10.1. The summed E-state index contributed by atoms with van der Waals surface area (Å²) in [7, 11) is 1.55. The van der Waals surface area contributed by atoms with Crippen LogP contribution in [0.3, 0.4) is 0 Å². The summed E-state index contributed by atoms with van der Waals surface area (Å²) in [5.41, 5.74) is 0.833. The molecule has 2 aromatic carbocycles. The highest BCUT2D eigenvalue weighted by molar-refractivity contribution is 5.72. The lowest BCUT2D eigenvalue weighted by molar-refractivity contribution is -0.149. The van der Waals surface area contributed by atoms with E-state index in [-0.39, 0.29) is 19.6 Å². The molecule has 192 valence electrons. The Labute approximate surface area is 206 Å². The fraction of sp³-hybridized carbons (Fsp3) is 0.462. The Hall–Kier alpha value is -3.30. The van der Waals surface area contributed by atoms with Crippen molar-refractivity contribution in [2.45, 2.75) is 25.9 Å². The lowest BCUT2D eigenvalue weighted by Crippen LogP contribution is -2.37. The molecule has 0 saturated heterocycles. The first-order valence-electron chi connectivity index (χ1n) is 11.7. The van der Waals surface area contributed by atoms with Crippen molar-refractivity contribution >= 4 is 12.1 Å². The molecule has 0 saturated carbocycles. The molecule has 0 aliphatic rings. The minimum Gasteiger partial charge on any atom is -0.494 e. The third kappa shape index (κ3) is 11.1. The van der Waals surface area contributed by atoms with Gasteiger partial charge in [0.1, 0.15) is 24.7 Å². The van der Waals surface area contributed by atoms with Crippen LogP contribution >= 0.6 is 0 Å². The van der Waals surface area contributed by atoms with Crippen LogP contribution in [0.25, 0.3) is 0 Å². The highest BCUT2D eigenvalue weighted by Gasteiger charge is 2.18. The van der Waals surface area contributed by atoms with Crippen LogP contribution in [0.1, 0.15) is 18.9 Å². The van der Waals surface area contributed by atoms with Gasteiger partial charge in [-0.3, -0.25) is 0 Å². The van der Waals surface area contributed by atoms with E-state index in [1.54, 1.807) is 31.1 Å². The first-order chi connectivity index (χ1) is 17.0. The molecule has 0 bridgehead atoms. The molecule has 2 aromatic rings. The zero-order valence-corrected chi connectivity index (χ0v) is 20.4. The Bertz CT molecular complexity index is 859. The van der Waals surface area contributed by atoms with E-state index in [0.717, 1.165) is 11.3 Å². The molecule has 0 fully saturated rings. The van der Waals surface area contributed by atoms with Gasteiger partial charge >= 0.3 is 12.1 Å². The minimum atomic E-state index is -0.987. The minimum absolute atomic E-state index is 0.174. The van der Waals surface area contributed by atoms with Gasteiger partial charge in [-0.1, -0.05) is 30.3 Å². The molecule has 1 N–H and O–H groups in total. The SMILES string of the molecule is CCOC(Cc1ccc(OCCN(CCCOc2ccccc2)C(=O)OCCOC)cc1)C(=O)O. The second kappa shape index (κ2) is 16.3. The van der Waals surface area contributed by atoms with E-state index in [2.05, 4.69) is 0 Å². The van der Waals surface area contributed by atoms with Crippen LogP contribution in [-0.4, -0.2) is 81.4 Å². The number of benzene rings is 2. The van der Waals surface area contributed by atoms with E-state index in [1.165, 1.54) is 0 Å². The summed E-state index contributed by atoms with van der Waals surface area (Å²) in [5, 5.41) is 9.23. The zero-order valence-electron chi connectivity index (χ0n) is 20.4. The molecule has 0 radical (unpaired) electrons. The average Bonchev–Trinajstić information content (AvgIpc) is 2.86. The maximum atomic E-state index is 12.5. The Morgan fingerprint density at radius 2 is 1.57 bits per heavy atom. The topological polar surface area (TPSA) is 104 Å². The van der Waals surface area contributed by atoms with E-state index < -0.39 is 18.2 Å². The number of aliphatic carboxylic acids is 1. The highest BCUT2D eigenvalue weighted by atomic mass is 16.6. The Kier molecular flexibility index (Phi) is 13.1. The molecular formula is C26H35NO8. The number of carbonyl (C=O) groups excluding carboxylic acids is 1. The van der Waals surface area contributed by atoms with E-state index in [0.29, 0.717) is 45.1 Å². The van der Waals surface area contributed by atoms with Gasteiger partial charge in [-0.15, -0.1) is 0 Å². The smallest absolute Gasteiger partial charge is 0.409 e. The van der Waals surface area contributed by atoms with Crippen molar-refractivity contribution < 1.29 is 38.4 Å². The number of carboxylic acids is 1. The predicted octanol–water partition coefficient (Wildman–Crippen LogP) is 3.65. The van der Waals surface area contributed by atoms with E-state index in [1.807, 2.05) is 42.5 Å². The molecule has 2 rings (SSSR count). The molecule has 1 unspecified atom stereocenters. The number of hydrogen-bond donors (Lipinski definition) is 1. The second-order valence-corrected chi connectivity index (χ2v) is 7.59. The third-order valence-electron chi connectivity index (χ3n) is 4.97. The number of nitrogens with zero attached hydrogens (tertiary/aromatic N) is 1. The summed E-state index contributed by atoms with van der Waals surface area (Å²) in [4.78, 5) is 25.3. The van der Waals surface area contributed by atoms with Crippen LogP contribution in [0.4, 0.5) is 4.79 Å². The monoisotopic (exact) mass is 489 g/mol. The molecule has 0 aliphatic carbocycles. The lowest BCUT2D eigenvalue weighted by Gasteiger charge is -2.22. The van der Waals surface area contributed by atoms with Crippen molar-refractivity contribution in [2.75, 3.05) is 53.2 Å². The molecule has 0 spiro atoms. The first-order valence-corrected chi connectivity index (χ1v) is 11.7. The average molecular weight is 490 g/mol. The van der Waals surface area contributed by atoms with Crippen molar-refractivity contribution in [3.8, 4) is 11.5 Å². The number of para-hydroxylation sites is 1. The summed E-state index contributed by atoms with van der Waals surface area (Å²) >= 11 is 0. The van der Waals surface area contributed by atoms with Gasteiger partial charge in [-0.05, 0) is 43.2 Å². The summed E-state index contributed by atoms with van der Waals surface area (Å²) in [6.07, 6.45) is -0.407. The van der Waals surface area contributed by atoms with Crippen LogP contribution < -0.4 is 9.47 Å². The summed E-state index contributed by atoms with van der Waals surface area (Å²) in [6.45, 7) is 4.13. The van der Waals surface area contributed by atoms with Crippen LogP contribution in [0.2, 0.25) is 0 Å². The van der Waals surface area contributed by atoms with Crippen molar-refractivity contribution in [3.05, 3.63) is 60.2 Å². The van der Waals surface area contributed by atoms with Crippen molar-refractivity contribution in [1.82, 2.24) is 4.90 Å². The van der Waals surface area contributed by atoms with Crippen LogP contribution in [-0.2, 0) is 25.4 Å². The Morgan fingerprint density at radius 1 is 0.886 bits per heavy atom. The van der Waals surface area contributed by atoms with Crippen molar-refractivity contribution in [2.24, 2.45) is 0 Å². The van der Waals surface area contributed by atoms with Crippen molar-refractivity contribution in [1.29, 1.82) is 0 Å². The van der Waals surface area contributed by atoms with E-state index >= 15 is 0 Å². The number of methoxy groups -OCH3 is 1. The van der Waals surface area contributed by atoms with Gasteiger partial charge in [0.15, 0.2) is 6.10 Å². The number of carbonyl (C=O) groups is 2. The maximum absolute atomic E-state index is 12.5. The quantitative estimate of drug-likeness (QED) is 0.336. The fourth-order valence-electron chi connectivity index (χ4n) is 3.19. The van der Waals surface area contributed by atoms with E-state index in [9.17, 15) is 14.7 Å². The first kappa shape index (κ1) is 27.9. The van der Waals surface area contributed by atoms with Crippen molar-refractivity contribution in [3.63, 3.8) is 0 Å². The molecule has 0 aromatic heterocycles. The van der Waals surface area contributed by atoms with Gasteiger partial charge in [0.05, 0.1) is 19.8 Å². The van der Waals surface area contributed by atoms with Gasteiger partial charge in [0, 0.05) is 26.7 Å². The number of amides is 1. The maximum Gasteiger partial charge on any atom is 0.409 e. The molecular weight excluding hydrogens is 454 g/mol. The molecule has 35 heavy (non-hydrogen) atoms. The molecule has 1 amide bonds. The predicted molar refractivity (Wildman–Crippen MR) is 130 cm³/mol. The number of carboxylic acid groups (broad SMARTS) is 1. The zero-order chi connectivity index (χ0) is 25.3. The number of hydrogen-bond acceptors (Lipinski definition) is 7. The number of ether oxygens (including phenoxy) is 5. The van der Waals surface area contributed by atoms with Crippen LogP contribution in [0, 0.1) is 0 Å². The van der Waals surface area contributed by atoms with Crippen LogP contribution in [0.15, 0.2) is 54.6 Å². The van der Waals surface area contributed by atoms with E-state index in [4.69, 9.17) is 23.7 Å². The van der Waals surface area contributed by atoms with Gasteiger partial charge < -0.3 is 33.7 Å². The molecule has 9 heteroatoms. The normalized spacial score (nSPS) is 11.5. The fourth-order valence-corrected chi connectivity index (χ4v) is 3.19. The van der Waals surface area contributed by atoms with Gasteiger partial charge in [-0.2, -0.15) is 0 Å². The molecule has 0 heterocycles. The van der Waals surface area contributed by atoms with Gasteiger partial charge in [0.25, 0.3) is 0 Å². The summed E-state index contributed by atoms with van der Waals surface area (Å²) in [6, 6.07) is 16.7. The summed E-state index contributed by atoms with van der Waals surface area (Å²) in [5.74, 6) is 0.417. The third-order valence-corrected chi connectivity index (χ3v) is 4.97. The Morgan fingerprint density at radius 3 is 2.23 bits per heavy atom. The van der Waals surface area contributed by atoms with Gasteiger partial charge in [0.2, 0.25) is 0 Å². The molecule has 1 atom stereocenters. The molecule has 0 aliphatic heterocycles. The standard InChI is InChI=1S/C26H35NO8/c1-3-32-24(25(28)29)20-21-10-12-23(13-11-21)34-17-15-27(26(30)35-19-18-31-2)14-7-16-33-22-8-5-4-6-9-22/h4-6,8-13,24H,3,7,14-20H2,1-2H3,(H,28,29). The number of rotatable bonds is 17. The second-order valence-electron chi connectivity index (χ2n) is 7.59. The summed E-state index contributed by atoms with van der Waals surface area (Å²) < 4.78 is 26.9. The van der Waals surface area contributed by atoms with Crippen LogP contribution in [0.5, 0.6) is 11.5 Å². The highest BCUT2D eigenvalue weighted by Crippen LogP contribution is 2.15.